The monoisotopic (exact) mass is 388 g/mol. The highest BCUT2D eigenvalue weighted by atomic mass is 79.9. The van der Waals surface area contributed by atoms with Gasteiger partial charge < -0.3 is 10.2 Å². The molecule has 1 amide bonds. The average molecular weight is 389 g/mol. The van der Waals surface area contributed by atoms with E-state index in [1.165, 1.54) is 25.7 Å². The van der Waals surface area contributed by atoms with Crippen molar-refractivity contribution in [2.45, 2.75) is 32.6 Å². The minimum Gasteiger partial charge on any atom is -0.356 e. The Kier molecular flexibility index (Phi) is 5.45. The first-order chi connectivity index (χ1) is 11.6. The van der Waals surface area contributed by atoms with Crippen molar-refractivity contribution in [3.8, 4) is 0 Å². The second-order valence-corrected chi connectivity index (χ2v) is 6.94. The Balaban J connectivity index is 1.79. The number of anilines is 2. The summed E-state index contributed by atoms with van der Waals surface area (Å²) in [7, 11) is 0. The standard InChI is InChI=1S/C18H21BrN4O/c1-13-20-16(18(24)22-15-8-6-14(19)7-9-15)12-17(21-13)23-10-4-2-3-5-11-23/h6-9,12H,2-5,10-11H2,1H3,(H,22,24). The zero-order valence-corrected chi connectivity index (χ0v) is 15.3. The van der Waals surface area contributed by atoms with Crippen LogP contribution in [0.1, 0.15) is 42.0 Å². The molecule has 3 rings (SSSR count). The number of carbonyl (C=O) groups excluding carboxylic acids is 1. The summed E-state index contributed by atoms with van der Waals surface area (Å²) in [6.45, 7) is 3.81. The molecule has 0 aliphatic carbocycles. The molecule has 126 valence electrons. The molecule has 1 aliphatic heterocycles. The molecule has 0 bridgehead atoms. The van der Waals surface area contributed by atoms with Crippen LogP contribution in [0.2, 0.25) is 0 Å². The van der Waals surface area contributed by atoms with Crippen LogP contribution in [0, 0.1) is 6.92 Å². The molecule has 0 saturated carbocycles. The van der Waals surface area contributed by atoms with Crippen LogP contribution in [-0.4, -0.2) is 29.0 Å². The molecule has 0 atom stereocenters. The van der Waals surface area contributed by atoms with Gasteiger partial charge in [0, 0.05) is 29.3 Å². The summed E-state index contributed by atoms with van der Waals surface area (Å²) < 4.78 is 0.974. The summed E-state index contributed by atoms with van der Waals surface area (Å²) in [5, 5.41) is 2.89. The van der Waals surface area contributed by atoms with Gasteiger partial charge in [0.25, 0.3) is 5.91 Å². The van der Waals surface area contributed by atoms with Crippen molar-refractivity contribution in [3.63, 3.8) is 0 Å². The van der Waals surface area contributed by atoms with Gasteiger partial charge in [-0.2, -0.15) is 0 Å². The van der Waals surface area contributed by atoms with Crippen LogP contribution in [-0.2, 0) is 0 Å². The number of aryl methyl sites for hydroxylation is 1. The highest BCUT2D eigenvalue weighted by molar-refractivity contribution is 9.10. The fourth-order valence-electron chi connectivity index (χ4n) is 2.86. The molecule has 1 aliphatic rings. The van der Waals surface area contributed by atoms with Crippen molar-refractivity contribution in [2.75, 3.05) is 23.3 Å². The molecule has 5 nitrogen and oxygen atoms in total. The summed E-state index contributed by atoms with van der Waals surface area (Å²) in [5.41, 5.74) is 1.15. The number of nitrogens with one attached hydrogen (secondary N) is 1. The Morgan fingerprint density at radius 2 is 1.75 bits per heavy atom. The molecule has 24 heavy (non-hydrogen) atoms. The molecule has 2 heterocycles. The number of benzene rings is 1. The van der Waals surface area contributed by atoms with Crippen LogP contribution in [0.3, 0.4) is 0 Å². The highest BCUT2D eigenvalue weighted by Crippen LogP contribution is 2.19. The summed E-state index contributed by atoms with van der Waals surface area (Å²) in [5.74, 6) is 1.27. The number of aromatic nitrogens is 2. The lowest BCUT2D eigenvalue weighted by Gasteiger charge is -2.22. The molecule has 1 saturated heterocycles. The summed E-state index contributed by atoms with van der Waals surface area (Å²) in [6, 6.07) is 9.29. The first-order valence-corrected chi connectivity index (χ1v) is 9.09. The summed E-state index contributed by atoms with van der Waals surface area (Å²) in [4.78, 5) is 23.6. The van der Waals surface area contributed by atoms with Crippen molar-refractivity contribution in [1.82, 2.24) is 9.97 Å². The van der Waals surface area contributed by atoms with Gasteiger partial charge in [0.05, 0.1) is 0 Å². The van der Waals surface area contributed by atoms with Gasteiger partial charge >= 0.3 is 0 Å². The van der Waals surface area contributed by atoms with E-state index in [0.717, 1.165) is 29.1 Å². The van der Waals surface area contributed by atoms with E-state index < -0.39 is 0 Å². The summed E-state index contributed by atoms with van der Waals surface area (Å²) in [6.07, 6.45) is 4.86. The SMILES string of the molecule is Cc1nc(C(=O)Nc2ccc(Br)cc2)cc(N2CCCCCC2)n1. The second kappa shape index (κ2) is 7.75. The fraction of sp³-hybridized carbons (Fsp3) is 0.389. The van der Waals surface area contributed by atoms with Crippen molar-refractivity contribution in [2.24, 2.45) is 0 Å². The van der Waals surface area contributed by atoms with Gasteiger partial charge in [-0.1, -0.05) is 28.8 Å². The van der Waals surface area contributed by atoms with Crippen LogP contribution in [0.5, 0.6) is 0 Å². The van der Waals surface area contributed by atoms with Crippen molar-refractivity contribution < 1.29 is 4.79 Å². The molecule has 1 aromatic carbocycles. The van der Waals surface area contributed by atoms with Gasteiger partial charge in [-0.25, -0.2) is 9.97 Å². The lowest BCUT2D eigenvalue weighted by atomic mass is 10.2. The van der Waals surface area contributed by atoms with E-state index in [1.54, 1.807) is 6.07 Å². The van der Waals surface area contributed by atoms with E-state index in [0.29, 0.717) is 11.5 Å². The van der Waals surface area contributed by atoms with Gasteiger partial charge in [-0.15, -0.1) is 0 Å². The Hall–Kier alpha value is -1.95. The molecule has 0 radical (unpaired) electrons. The smallest absolute Gasteiger partial charge is 0.274 e. The first kappa shape index (κ1) is 16.9. The van der Waals surface area contributed by atoms with Crippen molar-refractivity contribution in [1.29, 1.82) is 0 Å². The number of nitrogens with zero attached hydrogens (tertiary/aromatic N) is 3. The largest absolute Gasteiger partial charge is 0.356 e. The number of hydrogen-bond donors (Lipinski definition) is 1. The Morgan fingerprint density at radius 3 is 2.42 bits per heavy atom. The minimum absolute atomic E-state index is 0.209. The molecule has 1 fully saturated rings. The van der Waals surface area contributed by atoms with E-state index in [1.807, 2.05) is 31.2 Å². The molecule has 0 spiro atoms. The maximum absolute atomic E-state index is 12.5. The molecule has 1 aromatic heterocycles. The Labute approximate surface area is 150 Å². The quantitative estimate of drug-likeness (QED) is 0.856. The predicted molar refractivity (Wildman–Crippen MR) is 99.5 cm³/mol. The number of halogens is 1. The van der Waals surface area contributed by atoms with Crippen LogP contribution in [0.25, 0.3) is 0 Å². The Morgan fingerprint density at radius 1 is 1.08 bits per heavy atom. The van der Waals surface area contributed by atoms with E-state index in [2.05, 4.69) is 36.1 Å². The minimum atomic E-state index is -0.209. The fourth-order valence-corrected chi connectivity index (χ4v) is 3.12. The third-order valence-electron chi connectivity index (χ3n) is 4.09. The van der Waals surface area contributed by atoms with Crippen LogP contribution >= 0.6 is 15.9 Å². The second-order valence-electron chi connectivity index (χ2n) is 6.02. The van der Waals surface area contributed by atoms with Crippen LogP contribution in [0.4, 0.5) is 11.5 Å². The molecule has 2 aromatic rings. The number of amides is 1. The molecule has 0 unspecified atom stereocenters. The number of rotatable bonds is 3. The third kappa shape index (κ3) is 4.32. The van der Waals surface area contributed by atoms with Gasteiger partial charge in [0.2, 0.25) is 0 Å². The zero-order valence-electron chi connectivity index (χ0n) is 13.8. The van der Waals surface area contributed by atoms with Gasteiger partial charge in [-0.05, 0) is 44.0 Å². The lowest BCUT2D eigenvalue weighted by Crippen LogP contribution is -2.26. The molecular formula is C18H21BrN4O. The normalized spacial score (nSPS) is 15.0. The van der Waals surface area contributed by atoms with Crippen molar-refractivity contribution >= 4 is 33.3 Å². The lowest BCUT2D eigenvalue weighted by molar-refractivity contribution is 0.102. The zero-order chi connectivity index (χ0) is 16.9. The van der Waals surface area contributed by atoms with Crippen LogP contribution in [0.15, 0.2) is 34.8 Å². The predicted octanol–water partition coefficient (Wildman–Crippen LogP) is 4.18. The first-order valence-electron chi connectivity index (χ1n) is 8.29. The molecular weight excluding hydrogens is 368 g/mol. The summed E-state index contributed by atoms with van der Waals surface area (Å²) >= 11 is 3.39. The highest BCUT2D eigenvalue weighted by Gasteiger charge is 2.16. The van der Waals surface area contributed by atoms with E-state index in [9.17, 15) is 4.79 Å². The Bertz CT molecular complexity index is 709. The molecule has 1 N–H and O–H groups in total. The van der Waals surface area contributed by atoms with E-state index >= 15 is 0 Å². The third-order valence-corrected chi connectivity index (χ3v) is 4.62. The van der Waals surface area contributed by atoms with Gasteiger partial charge in [-0.3, -0.25) is 4.79 Å². The molecule has 6 heteroatoms. The maximum atomic E-state index is 12.5. The number of hydrogen-bond acceptors (Lipinski definition) is 4. The maximum Gasteiger partial charge on any atom is 0.274 e. The van der Waals surface area contributed by atoms with Crippen LogP contribution < -0.4 is 10.2 Å². The van der Waals surface area contributed by atoms with Gasteiger partial charge in [0.15, 0.2) is 0 Å². The average Bonchev–Trinajstić information content (AvgIpc) is 2.86. The topological polar surface area (TPSA) is 58.1 Å². The van der Waals surface area contributed by atoms with E-state index in [-0.39, 0.29) is 5.91 Å². The van der Waals surface area contributed by atoms with E-state index in [4.69, 9.17) is 0 Å². The number of carbonyl (C=O) groups is 1. The van der Waals surface area contributed by atoms with Gasteiger partial charge in [0.1, 0.15) is 17.3 Å². The van der Waals surface area contributed by atoms with Crippen molar-refractivity contribution in [3.05, 3.63) is 46.3 Å².